The predicted octanol–water partition coefficient (Wildman–Crippen LogP) is 11.1. The number of fused-ring (bicyclic) bond motifs is 5. The van der Waals surface area contributed by atoms with Crippen molar-refractivity contribution in [1.82, 2.24) is 0 Å². The van der Waals surface area contributed by atoms with Crippen LogP contribution in [0.25, 0.3) is 0 Å². The SMILES string of the molecule is CC(C)CCC[C@@H](C)[C@H]1CC[C@H]2[C@@H]3CC[C@H]4C[C@@H](c5ccccc5)[C@H](OC(=O)C[C@@H]5OCCC5(Br)Br)C[C@]4(C)[C@H]3CC[C@]12C. The highest BCUT2D eigenvalue weighted by atomic mass is 79.9. The summed E-state index contributed by atoms with van der Waals surface area (Å²) in [5, 5.41) is 0. The Labute approximate surface area is 285 Å². The maximum absolute atomic E-state index is 13.5. The van der Waals surface area contributed by atoms with Crippen molar-refractivity contribution in [3.63, 3.8) is 0 Å². The molecule has 1 heterocycles. The maximum Gasteiger partial charge on any atom is 0.308 e. The molecule has 4 aliphatic carbocycles. The van der Waals surface area contributed by atoms with E-state index in [1.165, 1.54) is 63.4 Å². The molecule has 0 amide bonds. The number of ether oxygens (including phenoxy) is 2. The third kappa shape index (κ3) is 6.39. The molecule has 5 fully saturated rings. The molecule has 5 aliphatic rings. The van der Waals surface area contributed by atoms with Gasteiger partial charge in [0.25, 0.3) is 0 Å². The second-order valence-electron chi connectivity index (χ2n) is 16.7. The summed E-state index contributed by atoms with van der Waals surface area (Å²) in [6, 6.07) is 10.9. The van der Waals surface area contributed by atoms with Crippen molar-refractivity contribution in [3.8, 4) is 0 Å². The van der Waals surface area contributed by atoms with Crippen molar-refractivity contribution >= 4 is 37.8 Å². The van der Waals surface area contributed by atoms with Gasteiger partial charge in [-0.15, -0.1) is 0 Å². The summed E-state index contributed by atoms with van der Waals surface area (Å²) in [6.07, 6.45) is 15.6. The van der Waals surface area contributed by atoms with Gasteiger partial charge in [0, 0.05) is 12.5 Å². The number of carbonyl (C=O) groups excluding carboxylic acids is 1. The Balaban J connectivity index is 1.19. The van der Waals surface area contributed by atoms with Gasteiger partial charge in [0.05, 0.1) is 12.5 Å². The largest absolute Gasteiger partial charge is 0.462 e. The molecule has 11 atom stereocenters. The maximum atomic E-state index is 13.5. The van der Waals surface area contributed by atoms with Crippen molar-refractivity contribution < 1.29 is 14.3 Å². The zero-order valence-electron chi connectivity index (χ0n) is 28.0. The summed E-state index contributed by atoms with van der Waals surface area (Å²) in [6.45, 7) is 13.3. The van der Waals surface area contributed by atoms with Crippen LogP contribution in [-0.2, 0) is 14.3 Å². The van der Waals surface area contributed by atoms with Crippen LogP contribution in [0.15, 0.2) is 30.3 Å². The third-order valence-corrected chi connectivity index (χ3v) is 15.8. The lowest BCUT2D eigenvalue weighted by molar-refractivity contribution is -0.170. The highest BCUT2D eigenvalue weighted by Gasteiger charge is 2.62. The van der Waals surface area contributed by atoms with Crippen molar-refractivity contribution in [2.75, 3.05) is 6.61 Å². The number of esters is 1. The van der Waals surface area contributed by atoms with Crippen LogP contribution in [0, 0.1) is 52.3 Å². The Morgan fingerprint density at radius 1 is 0.955 bits per heavy atom. The first kappa shape index (κ1) is 33.5. The second-order valence-corrected chi connectivity index (χ2v) is 20.6. The lowest BCUT2D eigenvalue weighted by Crippen LogP contribution is -2.56. The molecule has 0 aromatic heterocycles. The molecular weight excluding hydrogens is 676 g/mol. The minimum absolute atomic E-state index is 0.0722. The molecule has 1 aromatic carbocycles. The third-order valence-electron chi connectivity index (χ3n) is 14.0. The summed E-state index contributed by atoms with van der Waals surface area (Å²) in [4.78, 5) is 13.5. The molecule has 5 heteroatoms. The van der Waals surface area contributed by atoms with Gasteiger partial charge in [0.2, 0.25) is 0 Å². The zero-order chi connectivity index (χ0) is 31.3. The van der Waals surface area contributed by atoms with Crippen LogP contribution in [0.4, 0.5) is 0 Å². The highest BCUT2D eigenvalue weighted by Crippen LogP contribution is 2.69. The summed E-state index contributed by atoms with van der Waals surface area (Å²) in [7, 11) is 0. The van der Waals surface area contributed by atoms with Crippen LogP contribution in [0.3, 0.4) is 0 Å². The Hall–Kier alpha value is -0.390. The first-order chi connectivity index (χ1) is 20.9. The summed E-state index contributed by atoms with van der Waals surface area (Å²) in [5.74, 6) is 5.88. The molecule has 1 aliphatic heterocycles. The Bertz CT molecular complexity index is 1140. The zero-order valence-corrected chi connectivity index (χ0v) is 31.2. The Morgan fingerprint density at radius 2 is 1.70 bits per heavy atom. The van der Waals surface area contributed by atoms with E-state index in [4.69, 9.17) is 9.47 Å². The molecule has 6 rings (SSSR count). The normalized spacial score (nSPS) is 41.9. The van der Waals surface area contributed by atoms with E-state index < -0.39 is 0 Å². The fourth-order valence-electron chi connectivity index (χ4n) is 11.7. The van der Waals surface area contributed by atoms with E-state index in [9.17, 15) is 4.79 Å². The van der Waals surface area contributed by atoms with E-state index >= 15 is 0 Å². The van der Waals surface area contributed by atoms with E-state index in [1.807, 2.05) is 0 Å². The van der Waals surface area contributed by atoms with Crippen molar-refractivity contribution in [1.29, 1.82) is 0 Å². The Morgan fingerprint density at radius 3 is 2.41 bits per heavy atom. The van der Waals surface area contributed by atoms with Crippen molar-refractivity contribution in [2.24, 2.45) is 52.3 Å². The Kier molecular flexibility index (Phi) is 10.1. The first-order valence-electron chi connectivity index (χ1n) is 18.2. The van der Waals surface area contributed by atoms with Crippen LogP contribution in [-0.4, -0.2) is 28.0 Å². The van der Waals surface area contributed by atoms with E-state index in [2.05, 4.69) is 96.8 Å². The fourth-order valence-corrected chi connectivity index (χ4v) is 12.6. The molecule has 0 N–H and O–H groups in total. The molecule has 0 radical (unpaired) electrons. The number of rotatable bonds is 9. The number of benzene rings is 1. The molecular formula is C39H58Br2O3. The molecule has 44 heavy (non-hydrogen) atoms. The standard InChI is InChI=1S/C39H58Br2O3/c1-25(2)10-9-11-26(3)31-16-17-32-29-15-14-28-22-30(27-12-7-6-8-13-27)34(24-38(28,5)33(29)18-19-37(31,32)4)44-36(42)23-35-39(40,41)20-21-43-35/h6-8,12-13,25-26,28-35H,9-11,14-24H2,1-5H3/t26-,28+,29+,30+,31-,32+,33+,34-,35+,37-,38+/m1/s1. The van der Waals surface area contributed by atoms with Gasteiger partial charge >= 0.3 is 5.97 Å². The van der Waals surface area contributed by atoms with Gasteiger partial charge in [-0.3, -0.25) is 4.79 Å². The van der Waals surface area contributed by atoms with Crippen LogP contribution in [0.5, 0.6) is 0 Å². The van der Waals surface area contributed by atoms with E-state index in [0.717, 1.165) is 54.8 Å². The minimum Gasteiger partial charge on any atom is -0.462 e. The monoisotopic (exact) mass is 732 g/mol. The lowest BCUT2D eigenvalue weighted by atomic mass is 9.43. The van der Waals surface area contributed by atoms with Gasteiger partial charge in [0.1, 0.15) is 9.34 Å². The van der Waals surface area contributed by atoms with Crippen LogP contribution >= 0.6 is 31.9 Å². The van der Waals surface area contributed by atoms with E-state index in [0.29, 0.717) is 17.9 Å². The summed E-state index contributed by atoms with van der Waals surface area (Å²) < 4.78 is 12.1. The van der Waals surface area contributed by atoms with Crippen molar-refractivity contribution in [2.45, 2.75) is 139 Å². The van der Waals surface area contributed by atoms with Gasteiger partial charge in [-0.1, -0.05) is 116 Å². The van der Waals surface area contributed by atoms with Crippen molar-refractivity contribution in [3.05, 3.63) is 35.9 Å². The molecule has 1 aromatic rings. The number of hydrogen-bond acceptors (Lipinski definition) is 3. The molecule has 1 saturated heterocycles. The average molecular weight is 735 g/mol. The molecule has 3 nitrogen and oxygen atoms in total. The van der Waals surface area contributed by atoms with Crippen LogP contribution in [0.1, 0.15) is 130 Å². The molecule has 4 saturated carbocycles. The van der Waals surface area contributed by atoms with Gasteiger partial charge in [0.15, 0.2) is 0 Å². The van der Waals surface area contributed by atoms with Crippen LogP contribution in [0.2, 0.25) is 0 Å². The van der Waals surface area contributed by atoms with Gasteiger partial charge in [-0.25, -0.2) is 0 Å². The average Bonchev–Trinajstić information content (AvgIpc) is 3.50. The quantitative estimate of drug-likeness (QED) is 0.187. The second kappa shape index (κ2) is 13.3. The van der Waals surface area contributed by atoms with E-state index in [1.54, 1.807) is 0 Å². The van der Waals surface area contributed by atoms with E-state index in [-0.39, 0.29) is 39.2 Å². The molecule has 246 valence electrons. The van der Waals surface area contributed by atoms with Gasteiger partial charge in [-0.05, 0) is 116 Å². The van der Waals surface area contributed by atoms with Gasteiger partial charge in [-0.2, -0.15) is 0 Å². The summed E-state index contributed by atoms with van der Waals surface area (Å²) >= 11 is 7.49. The highest BCUT2D eigenvalue weighted by molar-refractivity contribution is 9.25. The lowest BCUT2D eigenvalue weighted by Gasteiger charge is -2.62. The number of hydrogen-bond donors (Lipinski definition) is 0. The topological polar surface area (TPSA) is 35.5 Å². The summed E-state index contributed by atoms with van der Waals surface area (Å²) in [5.41, 5.74) is 2.08. The number of halogens is 2. The first-order valence-corrected chi connectivity index (χ1v) is 19.7. The minimum atomic E-state index is -0.335. The molecule has 0 bridgehead atoms. The molecule has 0 spiro atoms. The predicted molar refractivity (Wildman–Crippen MR) is 187 cm³/mol. The fraction of sp³-hybridized carbons (Fsp3) is 0.821. The smallest absolute Gasteiger partial charge is 0.308 e. The van der Waals surface area contributed by atoms with Crippen LogP contribution < -0.4 is 0 Å². The molecule has 0 unspecified atom stereocenters. The van der Waals surface area contributed by atoms with Gasteiger partial charge < -0.3 is 9.47 Å². The number of carbonyl (C=O) groups is 1. The number of alkyl halides is 2.